The summed E-state index contributed by atoms with van der Waals surface area (Å²) < 4.78 is 0. The molecule has 0 aromatic carbocycles. The molecule has 3 rings (SSSR count). The summed E-state index contributed by atoms with van der Waals surface area (Å²) in [5.74, 6) is 0. The molecule has 3 aliphatic rings. The third-order valence-corrected chi connectivity index (χ3v) is 5.09. The van der Waals surface area contributed by atoms with Gasteiger partial charge >= 0.3 is 0 Å². The molecule has 1 heterocycles. The van der Waals surface area contributed by atoms with Crippen molar-refractivity contribution >= 4 is 0 Å². The van der Waals surface area contributed by atoms with Crippen LogP contribution in [-0.2, 0) is 0 Å². The van der Waals surface area contributed by atoms with Crippen LogP contribution in [0, 0.1) is 5.41 Å². The van der Waals surface area contributed by atoms with Gasteiger partial charge in [0.1, 0.15) is 0 Å². The van der Waals surface area contributed by atoms with E-state index in [0.717, 1.165) is 5.41 Å². The third kappa shape index (κ3) is 1.41. The lowest BCUT2D eigenvalue weighted by molar-refractivity contribution is 0.107. The highest BCUT2D eigenvalue weighted by Crippen LogP contribution is 2.52. The first-order valence-electron chi connectivity index (χ1n) is 6.58. The molecule has 2 saturated carbocycles. The molecule has 0 aromatic rings. The molecule has 0 unspecified atom stereocenters. The molecule has 0 aromatic heterocycles. The molecular weight excluding hydrogens is 170 g/mol. The normalized spacial score (nSPS) is 34.3. The first-order chi connectivity index (χ1) is 6.83. The zero-order chi connectivity index (χ0) is 9.49. The topological polar surface area (TPSA) is 12.0 Å². The van der Waals surface area contributed by atoms with Crippen molar-refractivity contribution < 1.29 is 0 Å². The first-order valence-corrected chi connectivity index (χ1v) is 6.58. The number of hydrogen-bond acceptors (Lipinski definition) is 1. The van der Waals surface area contributed by atoms with Crippen LogP contribution in [0.2, 0.25) is 0 Å². The quantitative estimate of drug-likeness (QED) is 0.623. The second-order valence-corrected chi connectivity index (χ2v) is 6.05. The number of hydrogen-bond donors (Lipinski definition) is 1. The van der Waals surface area contributed by atoms with Gasteiger partial charge in [-0.1, -0.05) is 25.7 Å². The van der Waals surface area contributed by atoms with Crippen LogP contribution in [0.25, 0.3) is 0 Å². The predicted molar refractivity (Wildman–Crippen MR) is 59.3 cm³/mol. The minimum absolute atomic E-state index is 0.600. The van der Waals surface area contributed by atoms with Gasteiger partial charge in [0.25, 0.3) is 0 Å². The summed E-state index contributed by atoms with van der Waals surface area (Å²) in [6.45, 7) is 1.31. The Morgan fingerprint density at radius 1 is 0.714 bits per heavy atom. The molecule has 14 heavy (non-hydrogen) atoms. The Morgan fingerprint density at radius 2 is 1.36 bits per heavy atom. The lowest BCUT2D eigenvalue weighted by atomic mass is 9.69. The first kappa shape index (κ1) is 9.21. The lowest BCUT2D eigenvalue weighted by Crippen LogP contribution is -2.52. The Bertz CT molecular complexity index is 187. The molecule has 2 aliphatic carbocycles. The lowest BCUT2D eigenvalue weighted by Gasteiger charge is -2.45. The van der Waals surface area contributed by atoms with Crippen LogP contribution in [0.3, 0.4) is 0 Å². The zero-order valence-corrected chi connectivity index (χ0v) is 9.28. The monoisotopic (exact) mass is 193 g/mol. The fourth-order valence-corrected chi connectivity index (χ4v) is 4.42. The standard InChI is InChI=1S/C13H23N/c1-2-6-12(5-1)9-10-14-13(11-12)7-3-4-8-13/h14H,1-11H2. The van der Waals surface area contributed by atoms with Gasteiger partial charge in [-0.2, -0.15) is 0 Å². The van der Waals surface area contributed by atoms with Crippen molar-refractivity contribution in [2.24, 2.45) is 5.41 Å². The summed E-state index contributed by atoms with van der Waals surface area (Å²) in [5, 5.41) is 3.85. The van der Waals surface area contributed by atoms with E-state index < -0.39 is 0 Å². The molecule has 2 spiro atoms. The van der Waals surface area contributed by atoms with Gasteiger partial charge in [-0.25, -0.2) is 0 Å². The Balaban J connectivity index is 1.77. The van der Waals surface area contributed by atoms with Gasteiger partial charge in [-0.05, 0) is 50.5 Å². The SMILES string of the molecule is C1CCC2(C1)CCNC1(CCCC1)C2. The third-order valence-electron chi connectivity index (χ3n) is 5.09. The van der Waals surface area contributed by atoms with Crippen molar-refractivity contribution in [2.75, 3.05) is 6.54 Å². The van der Waals surface area contributed by atoms with E-state index in [1.807, 2.05) is 0 Å². The molecule has 0 radical (unpaired) electrons. The van der Waals surface area contributed by atoms with Gasteiger partial charge in [0.15, 0.2) is 0 Å². The van der Waals surface area contributed by atoms with Gasteiger partial charge in [-0.3, -0.25) is 0 Å². The molecule has 80 valence electrons. The molecule has 1 N–H and O–H groups in total. The second kappa shape index (κ2) is 3.23. The average Bonchev–Trinajstić information content (AvgIpc) is 2.77. The van der Waals surface area contributed by atoms with E-state index in [2.05, 4.69) is 5.32 Å². The van der Waals surface area contributed by atoms with Crippen LogP contribution < -0.4 is 5.32 Å². The molecular formula is C13H23N. The Morgan fingerprint density at radius 3 is 2.07 bits per heavy atom. The number of nitrogens with one attached hydrogen (secondary N) is 1. The van der Waals surface area contributed by atoms with Crippen molar-refractivity contribution in [1.29, 1.82) is 0 Å². The summed E-state index contributed by atoms with van der Waals surface area (Å²) in [6, 6.07) is 0. The number of piperidine rings is 1. The van der Waals surface area contributed by atoms with Gasteiger partial charge < -0.3 is 5.32 Å². The average molecular weight is 193 g/mol. The van der Waals surface area contributed by atoms with Crippen LogP contribution in [-0.4, -0.2) is 12.1 Å². The van der Waals surface area contributed by atoms with Crippen LogP contribution in [0.4, 0.5) is 0 Å². The smallest absolute Gasteiger partial charge is 0.0186 e. The van der Waals surface area contributed by atoms with Crippen molar-refractivity contribution in [3.05, 3.63) is 0 Å². The van der Waals surface area contributed by atoms with Gasteiger partial charge in [-0.15, -0.1) is 0 Å². The fraction of sp³-hybridized carbons (Fsp3) is 1.00. The van der Waals surface area contributed by atoms with Gasteiger partial charge in [0.05, 0.1) is 0 Å². The van der Waals surface area contributed by atoms with Crippen molar-refractivity contribution in [2.45, 2.75) is 69.7 Å². The highest BCUT2D eigenvalue weighted by Gasteiger charge is 2.46. The molecule has 1 heteroatoms. The van der Waals surface area contributed by atoms with Gasteiger partial charge in [0, 0.05) is 5.54 Å². The summed E-state index contributed by atoms with van der Waals surface area (Å²) >= 11 is 0. The maximum Gasteiger partial charge on any atom is 0.0186 e. The molecule has 0 bridgehead atoms. The fourth-order valence-electron chi connectivity index (χ4n) is 4.42. The van der Waals surface area contributed by atoms with E-state index in [0.29, 0.717) is 5.54 Å². The maximum atomic E-state index is 3.85. The van der Waals surface area contributed by atoms with Crippen molar-refractivity contribution in [3.63, 3.8) is 0 Å². The Hall–Kier alpha value is -0.0400. The minimum atomic E-state index is 0.600. The van der Waals surface area contributed by atoms with E-state index in [-0.39, 0.29) is 0 Å². The molecule has 3 fully saturated rings. The van der Waals surface area contributed by atoms with Gasteiger partial charge in [0.2, 0.25) is 0 Å². The van der Waals surface area contributed by atoms with E-state index in [4.69, 9.17) is 0 Å². The van der Waals surface area contributed by atoms with E-state index in [9.17, 15) is 0 Å². The second-order valence-electron chi connectivity index (χ2n) is 6.05. The zero-order valence-electron chi connectivity index (χ0n) is 9.28. The van der Waals surface area contributed by atoms with Crippen molar-refractivity contribution in [1.82, 2.24) is 5.32 Å². The Kier molecular flexibility index (Phi) is 2.12. The van der Waals surface area contributed by atoms with Crippen molar-refractivity contribution in [3.8, 4) is 0 Å². The van der Waals surface area contributed by atoms with Crippen LogP contribution in [0.1, 0.15) is 64.2 Å². The summed E-state index contributed by atoms with van der Waals surface area (Å²) in [7, 11) is 0. The van der Waals surface area contributed by atoms with E-state index >= 15 is 0 Å². The van der Waals surface area contributed by atoms with E-state index in [1.165, 1.54) is 70.8 Å². The summed E-state index contributed by atoms with van der Waals surface area (Å²) in [4.78, 5) is 0. The largest absolute Gasteiger partial charge is 0.311 e. The van der Waals surface area contributed by atoms with Crippen LogP contribution >= 0.6 is 0 Å². The molecule has 0 atom stereocenters. The summed E-state index contributed by atoms with van der Waals surface area (Å²) in [5.41, 5.74) is 1.39. The Labute approximate surface area is 87.7 Å². The molecule has 0 amide bonds. The van der Waals surface area contributed by atoms with Crippen LogP contribution in [0.15, 0.2) is 0 Å². The maximum absolute atomic E-state index is 3.85. The van der Waals surface area contributed by atoms with E-state index in [1.54, 1.807) is 0 Å². The molecule has 1 aliphatic heterocycles. The number of rotatable bonds is 0. The highest BCUT2D eigenvalue weighted by atomic mass is 15.0. The highest BCUT2D eigenvalue weighted by molar-refractivity contribution is 5.03. The molecule has 1 saturated heterocycles. The predicted octanol–water partition coefficient (Wildman–Crippen LogP) is 3.24. The molecule has 1 nitrogen and oxygen atoms in total. The minimum Gasteiger partial charge on any atom is -0.311 e. The summed E-state index contributed by atoms with van der Waals surface area (Å²) in [6.07, 6.45) is 15.0. The van der Waals surface area contributed by atoms with Crippen LogP contribution in [0.5, 0.6) is 0 Å².